The molecular formula is C15H20N2S. The maximum atomic E-state index is 4.37. The van der Waals surface area contributed by atoms with Crippen LogP contribution in [-0.4, -0.2) is 11.5 Å². The van der Waals surface area contributed by atoms with Crippen molar-refractivity contribution >= 4 is 11.3 Å². The summed E-state index contributed by atoms with van der Waals surface area (Å²) in [6, 6.07) is 9.09. The Hall–Kier alpha value is -1.19. The van der Waals surface area contributed by atoms with E-state index in [0.717, 1.165) is 18.0 Å². The average molecular weight is 260 g/mol. The summed E-state index contributed by atoms with van der Waals surface area (Å²) in [7, 11) is 0. The highest BCUT2D eigenvalue weighted by atomic mass is 32.1. The van der Waals surface area contributed by atoms with Crippen molar-refractivity contribution in [2.45, 2.75) is 33.2 Å². The Kier molecular flexibility index (Phi) is 4.50. The van der Waals surface area contributed by atoms with Crippen LogP contribution in [-0.2, 0) is 6.42 Å². The fraction of sp³-hybridized carbons (Fsp3) is 0.400. The molecule has 0 spiro atoms. The topological polar surface area (TPSA) is 24.9 Å². The maximum Gasteiger partial charge on any atom is 0.0897 e. The lowest BCUT2D eigenvalue weighted by molar-refractivity contribution is 0.638. The van der Waals surface area contributed by atoms with Crippen LogP contribution in [0.2, 0.25) is 0 Å². The molecule has 3 heteroatoms. The third-order valence-electron chi connectivity index (χ3n) is 3.02. The minimum absolute atomic E-state index is 0.271. The van der Waals surface area contributed by atoms with E-state index in [-0.39, 0.29) is 6.04 Å². The zero-order chi connectivity index (χ0) is 13.0. The van der Waals surface area contributed by atoms with Crippen molar-refractivity contribution in [2.24, 2.45) is 0 Å². The molecule has 1 aromatic carbocycles. The Balaban J connectivity index is 2.34. The van der Waals surface area contributed by atoms with E-state index in [2.05, 4.69) is 55.3 Å². The van der Waals surface area contributed by atoms with Crippen molar-refractivity contribution < 1.29 is 0 Å². The second kappa shape index (κ2) is 6.12. The van der Waals surface area contributed by atoms with E-state index in [4.69, 9.17) is 0 Å². The van der Waals surface area contributed by atoms with Crippen LogP contribution in [0.4, 0.5) is 0 Å². The quantitative estimate of drug-likeness (QED) is 0.886. The van der Waals surface area contributed by atoms with Crippen LogP contribution in [0.25, 0.3) is 0 Å². The second-order valence-corrected chi connectivity index (χ2v) is 5.64. The van der Waals surface area contributed by atoms with Gasteiger partial charge >= 0.3 is 0 Å². The number of hydrogen-bond acceptors (Lipinski definition) is 3. The molecule has 1 unspecified atom stereocenters. The number of nitrogens with one attached hydrogen (secondary N) is 1. The third-order valence-corrected chi connectivity index (χ3v) is 4.00. The Labute approximate surface area is 113 Å². The van der Waals surface area contributed by atoms with Crippen LogP contribution in [0, 0.1) is 6.92 Å². The zero-order valence-corrected chi connectivity index (χ0v) is 12.1. The van der Waals surface area contributed by atoms with Crippen LogP contribution in [0.1, 0.15) is 40.9 Å². The van der Waals surface area contributed by atoms with Crippen LogP contribution >= 0.6 is 11.3 Å². The van der Waals surface area contributed by atoms with Gasteiger partial charge in [0.2, 0.25) is 0 Å². The summed E-state index contributed by atoms with van der Waals surface area (Å²) >= 11 is 1.77. The summed E-state index contributed by atoms with van der Waals surface area (Å²) in [4.78, 5) is 5.66. The SMILES string of the molecule is CCNC(c1cccc(CC)c1)c1cnc(C)s1. The molecule has 2 nitrogen and oxygen atoms in total. The molecule has 18 heavy (non-hydrogen) atoms. The summed E-state index contributed by atoms with van der Waals surface area (Å²) in [6.07, 6.45) is 3.07. The molecule has 1 heterocycles. The van der Waals surface area contributed by atoms with E-state index in [9.17, 15) is 0 Å². The first-order valence-corrected chi connectivity index (χ1v) is 7.30. The molecule has 0 aliphatic rings. The number of thiazole rings is 1. The molecule has 0 bridgehead atoms. The lowest BCUT2D eigenvalue weighted by Crippen LogP contribution is -2.21. The second-order valence-electron chi connectivity index (χ2n) is 4.37. The first-order valence-electron chi connectivity index (χ1n) is 6.49. The molecule has 1 aromatic heterocycles. The summed E-state index contributed by atoms with van der Waals surface area (Å²) in [5, 5.41) is 4.67. The molecule has 96 valence electrons. The highest BCUT2D eigenvalue weighted by molar-refractivity contribution is 7.11. The summed E-state index contributed by atoms with van der Waals surface area (Å²) in [5.74, 6) is 0. The number of rotatable bonds is 5. The van der Waals surface area contributed by atoms with Gasteiger partial charge in [-0.3, -0.25) is 0 Å². The summed E-state index contributed by atoms with van der Waals surface area (Å²) in [5.41, 5.74) is 2.72. The molecule has 0 saturated carbocycles. The molecule has 0 aliphatic carbocycles. The van der Waals surface area contributed by atoms with Gasteiger partial charge in [0.15, 0.2) is 0 Å². The van der Waals surface area contributed by atoms with Crippen molar-refractivity contribution in [3.8, 4) is 0 Å². The lowest BCUT2D eigenvalue weighted by Gasteiger charge is -2.17. The molecule has 1 N–H and O–H groups in total. The minimum Gasteiger partial charge on any atom is -0.306 e. The molecule has 2 aromatic rings. The maximum absolute atomic E-state index is 4.37. The molecule has 1 atom stereocenters. The molecule has 0 fully saturated rings. The number of benzene rings is 1. The van der Waals surface area contributed by atoms with E-state index in [1.165, 1.54) is 16.0 Å². The smallest absolute Gasteiger partial charge is 0.0897 e. The summed E-state index contributed by atoms with van der Waals surface area (Å²) in [6.45, 7) is 7.35. The van der Waals surface area contributed by atoms with Gasteiger partial charge < -0.3 is 5.32 Å². The van der Waals surface area contributed by atoms with Crippen molar-refractivity contribution in [1.29, 1.82) is 0 Å². The first kappa shape index (κ1) is 13.2. The largest absolute Gasteiger partial charge is 0.306 e. The Morgan fingerprint density at radius 3 is 2.78 bits per heavy atom. The van der Waals surface area contributed by atoms with Crippen molar-refractivity contribution in [3.63, 3.8) is 0 Å². The van der Waals surface area contributed by atoms with Gasteiger partial charge in [0.25, 0.3) is 0 Å². The minimum atomic E-state index is 0.271. The monoisotopic (exact) mass is 260 g/mol. The fourth-order valence-corrected chi connectivity index (χ4v) is 2.98. The van der Waals surface area contributed by atoms with Gasteiger partial charge in [-0.2, -0.15) is 0 Å². The fourth-order valence-electron chi connectivity index (χ4n) is 2.09. The third kappa shape index (κ3) is 2.98. The van der Waals surface area contributed by atoms with E-state index >= 15 is 0 Å². The van der Waals surface area contributed by atoms with Crippen LogP contribution in [0.15, 0.2) is 30.5 Å². The van der Waals surface area contributed by atoms with Gasteiger partial charge in [0, 0.05) is 11.1 Å². The predicted octanol–water partition coefficient (Wildman–Crippen LogP) is 3.71. The van der Waals surface area contributed by atoms with Gasteiger partial charge in [-0.05, 0) is 31.0 Å². The summed E-state index contributed by atoms with van der Waals surface area (Å²) < 4.78 is 0. The van der Waals surface area contributed by atoms with Gasteiger partial charge in [-0.1, -0.05) is 38.1 Å². The van der Waals surface area contributed by atoms with Crippen LogP contribution in [0.3, 0.4) is 0 Å². The van der Waals surface area contributed by atoms with Crippen molar-refractivity contribution in [3.05, 3.63) is 51.5 Å². The van der Waals surface area contributed by atoms with Gasteiger partial charge in [-0.25, -0.2) is 4.98 Å². The number of aryl methyl sites for hydroxylation is 2. The molecule has 0 radical (unpaired) electrons. The van der Waals surface area contributed by atoms with E-state index in [1.807, 2.05) is 6.20 Å². The Bertz CT molecular complexity index is 505. The molecule has 0 amide bonds. The van der Waals surface area contributed by atoms with Gasteiger partial charge in [0.05, 0.1) is 11.0 Å². The molecule has 2 rings (SSSR count). The van der Waals surface area contributed by atoms with Crippen molar-refractivity contribution in [2.75, 3.05) is 6.54 Å². The highest BCUT2D eigenvalue weighted by Crippen LogP contribution is 2.27. The van der Waals surface area contributed by atoms with E-state index in [0.29, 0.717) is 0 Å². The molecule has 0 aliphatic heterocycles. The lowest BCUT2D eigenvalue weighted by atomic mass is 10.0. The van der Waals surface area contributed by atoms with Crippen molar-refractivity contribution in [1.82, 2.24) is 10.3 Å². The Morgan fingerprint density at radius 1 is 1.33 bits per heavy atom. The number of hydrogen-bond donors (Lipinski definition) is 1. The van der Waals surface area contributed by atoms with Crippen LogP contribution in [0.5, 0.6) is 0 Å². The van der Waals surface area contributed by atoms with Gasteiger partial charge in [-0.15, -0.1) is 11.3 Å². The highest BCUT2D eigenvalue weighted by Gasteiger charge is 2.15. The molecular weight excluding hydrogens is 240 g/mol. The van der Waals surface area contributed by atoms with E-state index < -0.39 is 0 Å². The first-order chi connectivity index (χ1) is 8.74. The number of aromatic nitrogens is 1. The number of nitrogens with zero attached hydrogens (tertiary/aromatic N) is 1. The van der Waals surface area contributed by atoms with Crippen LogP contribution < -0.4 is 5.32 Å². The predicted molar refractivity (Wildman–Crippen MR) is 78.2 cm³/mol. The van der Waals surface area contributed by atoms with Gasteiger partial charge in [0.1, 0.15) is 0 Å². The standard InChI is InChI=1S/C15H20N2S/c1-4-12-7-6-8-13(9-12)15(16-5-2)14-10-17-11(3)18-14/h6-10,15-16H,4-5H2,1-3H3. The van der Waals surface area contributed by atoms with E-state index in [1.54, 1.807) is 11.3 Å². The average Bonchev–Trinajstić information content (AvgIpc) is 2.82. The normalized spacial score (nSPS) is 12.6. The zero-order valence-electron chi connectivity index (χ0n) is 11.2. The Morgan fingerprint density at radius 2 is 2.17 bits per heavy atom. The molecule has 0 saturated heterocycles.